The quantitative estimate of drug-likeness (QED) is 0.840. The van der Waals surface area contributed by atoms with Crippen LogP contribution in [0.4, 0.5) is 11.4 Å². The fourth-order valence-corrected chi connectivity index (χ4v) is 3.47. The van der Waals surface area contributed by atoms with Gasteiger partial charge in [-0.3, -0.25) is 4.79 Å². The fourth-order valence-electron chi connectivity index (χ4n) is 2.63. The van der Waals surface area contributed by atoms with E-state index in [4.69, 9.17) is 0 Å². The number of anilines is 1. The Morgan fingerprint density at radius 1 is 1.04 bits per heavy atom. The molecule has 1 N–H and O–H groups in total. The number of benzene rings is 2. The molecule has 1 heterocycles. The van der Waals surface area contributed by atoms with Crippen LogP contribution in [0, 0.1) is 13.8 Å². The van der Waals surface area contributed by atoms with Crippen molar-refractivity contribution in [2.45, 2.75) is 13.8 Å². The van der Waals surface area contributed by atoms with E-state index < -0.39 is 0 Å². The van der Waals surface area contributed by atoms with Crippen molar-refractivity contribution in [2.24, 2.45) is 4.99 Å². The minimum atomic E-state index is -0.107. The highest BCUT2D eigenvalue weighted by Crippen LogP contribution is 2.29. The molecule has 5 heteroatoms. The van der Waals surface area contributed by atoms with Crippen molar-refractivity contribution in [3.63, 3.8) is 0 Å². The van der Waals surface area contributed by atoms with Crippen LogP contribution in [0.25, 0.3) is 6.08 Å². The molecule has 1 saturated heterocycles. The number of aryl methyl sites for hydroxylation is 2. The van der Waals surface area contributed by atoms with Gasteiger partial charge in [-0.2, -0.15) is 0 Å². The van der Waals surface area contributed by atoms with Crippen LogP contribution in [0.1, 0.15) is 16.7 Å². The predicted molar refractivity (Wildman–Crippen MR) is 107 cm³/mol. The Morgan fingerprint density at radius 2 is 1.68 bits per heavy atom. The molecular weight excluding hydrogens is 330 g/mol. The van der Waals surface area contributed by atoms with E-state index in [0.717, 1.165) is 28.1 Å². The molecular formula is C20H21N3OS. The summed E-state index contributed by atoms with van der Waals surface area (Å²) in [5.74, 6) is -0.107. The summed E-state index contributed by atoms with van der Waals surface area (Å²) in [6, 6.07) is 14.2. The molecule has 2 aromatic carbocycles. The molecule has 4 nitrogen and oxygen atoms in total. The van der Waals surface area contributed by atoms with Gasteiger partial charge >= 0.3 is 0 Å². The standard InChI is InChI=1S/C20H21N3OS/c1-13-9-14(2)11-16(10-13)21-20-22-19(24)18(25-20)12-15-5-7-17(8-6-15)23(3)4/h5-12H,1-4H3,(H,21,22,24)/b18-12-. The lowest BCUT2D eigenvalue weighted by Gasteiger charge is -2.11. The van der Waals surface area contributed by atoms with Crippen LogP contribution in [-0.2, 0) is 4.79 Å². The topological polar surface area (TPSA) is 44.7 Å². The molecule has 1 amide bonds. The van der Waals surface area contributed by atoms with Gasteiger partial charge in [0.2, 0.25) is 0 Å². The maximum absolute atomic E-state index is 12.2. The van der Waals surface area contributed by atoms with E-state index in [0.29, 0.717) is 10.1 Å². The van der Waals surface area contributed by atoms with E-state index in [-0.39, 0.29) is 5.91 Å². The van der Waals surface area contributed by atoms with Crippen molar-refractivity contribution in [1.29, 1.82) is 0 Å². The number of carbonyl (C=O) groups is 1. The van der Waals surface area contributed by atoms with E-state index in [1.165, 1.54) is 11.8 Å². The van der Waals surface area contributed by atoms with Crippen molar-refractivity contribution in [3.8, 4) is 0 Å². The van der Waals surface area contributed by atoms with Crippen molar-refractivity contribution in [2.75, 3.05) is 19.0 Å². The smallest absolute Gasteiger partial charge is 0.264 e. The Hall–Kier alpha value is -2.53. The van der Waals surface area contributed by atoms with Crippen LogP contribution in [-0.4, -0.2) is 25.2 Å². The van der Waals surface area contributed by atoms with Crippen molar-refractivity contribution >= 4 is 40.3 Å². The Kier molecular flexibility index (Phi) is 4.95. The molecule has 0 atom stereocenters. The van der Waals surface area contributed by atoms with Gasteiger partial charge in [-0.1, -0.05) is 18.2 Å². The Morgan fingerprint density at radius 3 is 2.28 bits per heavy atom. The number of amides is 1. The van der Waals surface area contributed by atoms with Crippen molar-refractivity contribution in [1.82, 2.24) is 5.32 Å². The Bertz CT molecular complexity index is 847. The summed E-state index contributed by atoms with van der Waals surface area (Å²) < 4.78 is 0. The summed E-state index contributed by atoms with van der Waals surface area (Å²) in [5.41, 5.74) is 5.30. The third-order valence-corrected chi connectivity index (χ3v) is 4.71. The van der Waals surface area contributed by atoms with Crippen molar-refractivity contribution in [3.05, 3.63) is 64.1 Å². The van der Waals surface area contributed by atoms with Gasteiger partial charge in [0.1, 0.15) is 0 Å². The van der Waals surface area contributed by atoms with Gasteiger partial charge in [-0.25, -0.2) is 4.99 Å². The molecule has 0 saturated carbocycles. The SMILES string of the molecule is Cc1cc(C)cc(N=C2NC(=O)/C(=C/c3ccc(N(C)C)cc3)S2)c1. The predicted octanol–water partition coefficient (Wildman–Crippen LogP) is 4.26. The summed E-state index contributed by atoms with van der Waals surface area (Å²) in [5, 5.41) is 3.46. The lowest BCUT2D eigenvalue weighted by Crippen LogP contribution is -2.19. The largest absolute Gasteiger partial charge is 0.378 e. The van der Waals surface area contributed by atoms with Gasteiger partial charge < -0.3 is 10.2 Å². The van der Waals surface area contributed by atoms with E-state index in [9.17, 15) is 4.79 Å². The van der Waals surface area contributed by atoms with Gasteiger partial charge in [0, 0.05) is 19.8 Å². The number of hydrogen-bond acceptors (Lipinski definition) is 4. The summed E-state index contributed by atoms with van der Waals surface area (Å²) in [7, 11) is 4.01. The number of hydrogen-bond donors (Lipinski definition) is 1. The number of carbonyl (C=O) groups excluding carboxylic acids is 1. The van der Waals surface area contributed by atoms with Crippen LogP contribution < -0.4 is 10.2 Å². The molecule has 2 aromatic rings. The molecule has 0 aliphatic carbocycles. The highest BCUT2D eigenvalue weighted by molar-refractivity contribution is 8.18. The first-order chi connectivity index (χ1) is 11.9. The van der Waals surface area contributed by atoms with Gasteiger partial charge in [0.05, 0.1) is 10.6 Å². The summed E-state index contributed by atoms with van der Waals surface area (Å²) in [6.07, 6.45) is 1.89. The van der Waals surface area contributed by atoms with Crippen LogP contribution in [0.5, 0.6) is 0 Å². The molecule has 3 rings (SSSR count). The second-order valence-electron chi connectivity index (χ2n) is 6.31. The maximum atomic E-state index is 12.2. The molecule has 1 aliphatic heterocycles. The lowest BCUT2D eigenvalue weighted by molar-refractivity contribution is -0.115. The molecule has 1 fully saturated rings. The lowest BCUT2D eigenvalue weighted by atomic mass is 10.1. The highest BCUT2D eigenvalue weighted by atomic mass is 32.2. The Balaban J connectivity index is 1.81. The zero-order valence-electron chi connectivity index (χ0n) is 14.8. The third-order valence-electron chi connectivity index (χ3n) is 3.80. The summed E-state index contributed by atoms with van der Waals surface area (Å²) in [4.78, 5) is 19.5. The first kappa shape index (κ1) is 17.3. The van der Waals surface area contributed by atoms with Crippen molar-refractivity contribution < 1.29 is 4.79 Å². The number of nitrogens with one attached hydrogen (secondary N) is 1. The van der Waals surface area contributed by atoms with Crippen LogP contribution >= 0.6 is 11.8 Å². The third kappa shape index (κ3) is 4.31. The van der Waals surface area contributed by atoms with Gasteiger partial charge in [-0.15, -0.1) is 0 Å². The fraction of sp³-hybridized carbons (Fsp3) is 0.200. The number of rotatable bonds is 3. The molecule has 0 bridgehead atoms. The zero-order chi connectivity index (χ0) is 18.0. The van der Waals surface area contributed by atoms with Crippen LogP contribution in [0.2, 0.25) is 0 Å². The van der Waals surface area contributed by atoms with Crippen LogP contribution in [0.3, 0.4) is 0 Å². The summed E-state index contributed by atoms with van der Waals surface area (Å²) >= 11 is 1.37. The van der Waals surface area contributed by atoms with E-state index >= 15 is 0 Å². The number of thioether (sulfide) groups is 1. The normalized spacial score (nSPS) is 17.2. The molecule has 25 heavy (non-hydrogen) atoms. The maximum Gasteiger partial charge on any atom is 0.264 e. The molecule has 0 aromatic heterocycles. The number of amidine groups is 1. The molecule has 1 aliphatic rings. The molecule has 0 spiro atoms. The second kappa shape index (κ2) is 7.15. The minimum Gasteiger partial charge on any atom is -0.378 e. The number of aliphatic imine (C=N–C) groups is 1. The summed E-state index contributed by atoms with van der Waals surface area (Å²) in [6.45, 7) is 4.08. The van der Waals surface area contributed by atoms with E-state index in [2.05, 4.69) is 16.4 Å². The zero-order valence-corrected chi connectivity index (χ0v) is 15.6. The monoisotopic (exact) mass is 351 g/mol. The van der Waals surface area contributed by atoms with Gasteiger partial charge in [-0.05, 0) is 72.6 Å². The van der Waals surface area contributed by atoms with E-state index in [1.807, 2.05) is 75.3 Å². The molecule has 128 valence electrons. The van der Waals surface area contributed by atoms with E-state index in [1.54, 1.807) is 0 Å². The first-order valence-corrected chi connectivity index (χ1v) is 8.87. The average molecular weight is 351 g/mol. The molecule has 0 radical (unpaired) electrons. The van der Waals surface area contributed by atoms with Gasteiger partial charge in [0.25, 0.3) is 5.91 Å². The minimum absolute atomic E-state index is 0.107. The average Bonchev–Trinajstić information content (AvgIpc) is 2.86. The second-order valence-corrected chi connectivity index (χ2v) is 7.34. The van der Waals surface area contributed by atoms with Crippen LogP contribution in [0.15, 0.2) is 52.4 Å². The Labute approximate surface area is 152 Å². The molecule has 0 unspecified atom stereocenters. The van der Waals surface area contributed by atoms with Gasteiger partial charge in [0.15, 0.2) is 5.17 Å². The first-order valence-electron chi connectivity index (χ1n) is 8.06. The highest BCUT2D eigenvalue weighted by Gasteiger charge is 2.23. The number of nitrogens with zero attached hydrogens (tertiary/aromatic N) is 2.